The van der Waals surface area contributed by atoms with Crippen LogP contribution in [0.4, 0.5) is 17.1 Å². The van der Waals surface area contributed by atoms with Crippen LogP contribution in [0.25, 0.3) is 55.0 Å². The number of furan rings is 1. The van der Waals surface area contributed by atoms with Gasteiger partial charge in [-0.2, -0.15) is 0 Å². The van der Waals surface area contributed by atoms with Crippen LogP contribution in [0.3, 0.4) is 0 Å². The van der Waals surface area contributed by atoms with Crippen molar-refractivity contribution in [2.24, 2.45) is 0 Å². The topological polar surface area (TPSA) is 16.4 Å². The number of nitrogens with zero attached hydrogens (tertiary/aromatic N) is 1. The van der Waals surface area contributed by atoms with E-state index in [1.165, 1.54) is 49.8 Å². The summed E-state index contributed by atoms with van der Waals surface area (Å²) in [5, 5.41) is 4.75. The van der Waals surface area contributed by atoms with Crippen molar-refractivity contribution < 1.29 is 4.42 Å². The summed E-state index contributed by atoms with van der Waals surface area (Å²) >= 11 is 0. The molecule has 0 unspecified atom stereocenters. The monoisotopic (exact) mass is 577 g/mol. The van der Waals surface area contributed by atoms with Gasteiger partial charge in [0.15, 0.2) is 0 Å². The van der Waals surface area contributed by atoms with E-state index >= 15 is 0 Å². The predicted molar refractivity (Wildman–Crippen MR) is 189 cm³/mol. The van der Waals surface area contributed by atoms with Crippen molar-refractivity contribution in [1.29, 1.82) is 0 Å². The maximum absolute atomic E-state index is 6.09. The SMILES string of the molecule is CC1(C)c2ccccc2-c2ccc(N(c3ccc(-c4ccc5oc6ccccc6c5c4)cc3)c3cccc4ccccc34)cc21. The fourth-order valence-corrected chi connectivity index (χ4v) is 7.37. The molecule has 8 aromatic rings. The molecule has 0 amide bonds. The zero-order valence-corrected chi connectivity index (χ0v) is 25.3. The highest BCUT2D eigenvalue weighted by atomic mass is 16.3. The molecule has 1 aliphatic rings. The molecular weight excluding hydrogens is 546 g/mol. The summed E-state index contributed by atoms with van der Waals surface area (Å²) in [6, 6.07) is 54.8. The van der Waals surface area contributed by atoms with E-state index in [0.29, 0.717) is 0 Å². The van der Waals surface area contributed by atoms with Crippen LogP contribution in [0.1, 0.15) is 25.0 Å². The van der Waals surface area contributed by atoms with Crippen LogP contribution in [0, 0.1) is 0 Å². The summed E-state index contributed by atoms with van der Waals surface area (Å²) in [5.41, 5.74) is 13.0. The van der Waals surface area contributed by atoms with Gasteiger partial charge in [-0.1, -0.05) is 117 Å². The minimum absolute atomic E-state index is 0.0773. The number of hydrogen-bond donors (Lipinski definition) is 0. The van der Waals surface area contributed by atoms with Gasteiger partial charge in [-0.25, -0.2) is 0 Å². The van der Waals surface area contributed by atoms with E-state index in [2.05, 4.69) is 158 Å². The molecule has 0 aliphatic heterocycles. The first-order valence-electron chi connectivity index (χ1n) is 15.6. The van der Waals surface area contributed by atoms with Gasteiger partial charge in [-0.05, 0) is 87.3 Å². The van der Waals surface area contributed by atoms with Gasteiger partial charge in [-0.15, -0.1) is 0 Å². The Morgan fingerprint density at radius 3 is 2.02 bits per heavy atom. The van der Waals surface area contributed by atoms with Gasteiger partial charge < -0.3 is 9.32 Å². The Morgan fingerprint density at radius 2 is 1.13 bits per heavy atom. The molecule has 45 heavy (non-hydrogen) atoms. The third-order valence-corrected chi connectivity index (χ3v) is 9.67. The number of rotatable bonds is 4. The van der Waals surface area contributed by atoms with E-state index in [-0.39, 0.29) is 5.41 Å². The molecule has 214 valence electrons. The molecular formula is C43H31NO. The fourth-order valence-electron chi connectivity index (χ4n) is 7.37. The highest BCUT2D eigenvalue weighted by Crippen LogP contribution is 2.51. The largest absolute Gasteiger partial charge is 0.456 e. The Balaban J connectivity index is 1.19. The van der Waals surface area contributed by atoms with Gasteiger partial charge in [0.25, 0.3) is 0 Å². The number of fused-ring (bicyclic) bond motifs is 7. The Bertz CT molecular complexity index is 2410. The first-order valence-corrected chi connectivity index (χ1v) is 15.6. The first kappa shape index (κ1) is 25.9. The second-order valence-corrected chi connectivity index (χ2v) is 12.6. The van der Waals surface area contributed by atoms with Gasteiger partial charge in [0.2, 0.25) is 0 Å². The maximum atomic E-state index is 6.09. The van der Waals surface area contributed by atoms with E-state index in [1.807, 2.05) is 12.1 Å². The number of hydrogen-bond acceptors (Lipinski definition) is 2. The van der Waals surface area contributed by atoms with E-state index in [4.69, 9.17) is 4.42 Å². The third kappa shape index (κ3) is 3.96. The normalized spacial score (nSPS) is 13.3. The summed E-state index contributed by atoms with van der Waals surface area (Å²) in [4.78, 5) is 2.41. The molecule has 1 heterocycles. The van der Waals surface area contributed by atoms with Crippen LogP contribution >= 0.6 is 0 Å². The van der Waals surface area contributed by atoms with Gasteiger partial charge in [-0.3, -0.25) is 0 Å². The Hall–Kier alpha value is -5.60. The van der Waals surface area contributed by atoms with E-state index in [0.717, 1.165) is 33.3 Å². The predicted octanol–water partition coefficient (Wildman–Crippen LogP) is 12.2. The smallest absolute Gasteiger partial charge is 0.135 e. The van der Waals surface area contributed by atoms with Crippen molar-refractivity contribution >= 4 is 49.8 Å². The summed E-state index contributed by atoms with van der Waals surface area (Å²) in [6.07, 6.45) is 0. The van der Waals surface area contributed by atoms with Crippen molar-refractivity contribution in [3.05, 3.63) is 163 Å². The molecule has 0 saturated carbocycles. The van der Waals surface area contributed by atoms with Crippen molar-refractivity contribution in [2.75, 3.05) is 4.90 Å². The average molecular weight is 578 g/mol. The minimum atomic E-state index is -0.0773. The van der Waals surface area contributed by atoms with Gasteiger partial charge >= 0.3 is 0 Å². The third-order valence-electron chi connectivity index (χ3n) is 9.67. The second kappa shape index (κ2) is 9.70. The molecule has 1 aliphatic carbocycles. The lowest BCUT2D eigenvalue weighted by Gasteiger charge is -2.29. The van der Waals surface area contributed by atoms with Crippen molar-refractivity contribution in [3.8, 4) is 22.3 Å². The molecule has 0 radical (unpaired) electrons. The fraction of sp³-hybridized carbons (Fsp3) is 0.0698. The van der Waals surface area contributed by atoms with Gasteiger partial charge in [0, 0.05) is 32.9 Å². The van der Waals surface area contributed by atoms with Crippen molar-refractivity contribution in [3.63, 3.8) is 0 Å². The van der Waals surface area contributed by atoms with Crippen LogP contribution in [-0.2, 0) is 5.41 Å². The summed E-state index contributed by atoms with van der Waals surface area (Å²) < 4.78 is 6.09. The highest BCUT2D eigenvalue weighted by molar-refractivity contribution is 6.06. The molecule has 9 rings (SSSR count). The van der Waals surface area contributed by atoms with E-state index in [9.17, 15) is 0 Å². The van der Waals surface area contributed by atoms with Crippen LogP contribution in [0.2, 0.25) is 0 Å². The van der Waals surface area contributed by atoms with Crippen LogP contribution in [-0.4, -0.2) is 0 Å². The molecule has 0 fully saturated rings. The van der Waals surface area contributed by atoms with Crippen LogP contribution in [0.5, 0.6) is 0 Å². The first-order chi connectivity index (χ1) is 22.1. The Kier molecular flexibility index (Phi) is 5.58. The lowest BCUT2D eigenvalue weighted by Crippen LogP contribution is -2.16. The van der Waals surface area contributed by atoms with Gasteiger partial charge in [0.05, 0.1) is 5.69 Å². The van der Waals surface area contributed by atoms with Gasteiger partial charge in [0.1, 0.15) is 11.2 Å². The molecule has 2 nitrogen and oxygen atoms in total. The lowest BCUT2D eigenvalue weighted by molar-refractivity contribution is 0.660. The number of anilines is 3. The molecule has 0 bridgehead atoms. The molecule has 2 heteroatoms. The maximum Gasteiger partial charge on any atom is 0.135 e. The van der Waals surface area contributed by atoms with Crippen molar-refractivity contribution in [1.82, 2.24) is 0 Å². The Labute approximate surface area is 262 Å². The van der Waals surface area contributed by atoms with E-state index in [1.54, 1.807) is 0 Å². The zero-order chi connectivity index (χ0) is 30.1. The lowest BCUT2D eigenvalue weighted by atomic mass is 9.82. The number of para-hydroxylation sites is 1. The molecule has 7 aromatic carbocycles. The summed E-state index contributed by atoms with van der Waals surface area (Å²) in [5.74, 6) is 0. The molecule has 0 saturated heterocycles. The quantitative estimate of drug-likeness (QED) is 0.207. The zero-order valence-electron chi connectivity index (χ0n) is 25.3. The molecule has 1 aromatic heterocycles. The Morgan fingerprint density at radius 1 is 0.467 bits per heavy atom. The molecule has 0 atom stereocenters. The van der Waals surface area contributed by atoms with Crippen LogP contribution in [0.15, 0.2) is 156 Å². The molecule has 0 N–H and O–H groups in total. The number of benzene rings is 7. The average Bonchev–Trinajstić information content (AvgIpc) is 3.57. The minimum Gasteiger partial charge on any atom is -0.456 e. The molecule has 0 spiro atoms. The second-order valence-electron chi connectivity index (χ2n) is 12.6. The highest BCUT2D eigenvalue weighted by Gasteiger charge is 2.35. The summed E-state index contributed by atoms with van der Waals surface area (Å²) in [7, 11) is 0. The van der Waals surface area contributed by atoms with Crippen molar-refractivity contribution in [2.45, 2.75) is 19.3 Å². The standard InChI is InChI=1S/C43H31NO/c1-43(2)38-15-7-5-13-34(38)35-24-23-32(27-39(35)43)44(40-16-9-11-29-10-3-4-12-33(29)40)31-21-18-28(19-22-31)30-20-25-42-37(26-30)36-14-6-8-17-41(36)45-42/h3-27H,1-2H3. The van der Waals surface area contributed by atoms with E-state index < -0.39 is 0 Å². The van der Waals surface area contributed by atoms with Crippen LogP contribution < -0.4 is 4.90 Å². The summed E-state index contributed by atoms with van der Waals surface area (Å²) in [6.45, 7) is 4.69.